The number of rotatable bonds is 4. The van der Waals surface area contributed by atoms with Gasteiger partial charge in [-0.2, -0.15) is 0 Å². The van der Waals surface area contributed by atoms with E-state index in [4.69, 9.17) is 0 Å². The molecule has 88 valence electrons. The molecule has 2 unspecified atom stereocenters. The second-order valence-corrected chi connectivity index (χ2v) is 5.41. The standard InChI is InChI=1S/C12H24N2O/c1-8(2)6-11-12(15)14(7-9(3)4)10(5)13-11/h8-11,13H,6-7H2,1-5H3. The van der Waals surface area contributed by atoms with Crippen LogP contribution in [0.3, 0.4) is 0 Å². The molecule has 1 fully saturated rings. The predicted molar refractivity (Wildman–Crippen MR) is 62.4 cm³/mol. The summed E-state index contributed by atoms with van der Waals surface area (Å²) in [7, 11) is 0. The van der Waals surface area contributed by atoms with E-state index in [1.54, 1.807) is 0 Å². The number of carbonyl (C=O) groups is 1. The highest BCUT2D eigenvalue weighted by molar-refractivity contribution is 5.84. The van der Waals surface area contributed by atoms with E-state index >= 15 is 0 Å². The van der Waals surface area contributed by atoms with Gasteiger partial charge in [-0.3, -0.25) is 10.1 Å². The van der Waals surface area contributed by atoms with Gasteiger partial charge in [0.2, 0.25) is 5.91 Å². The van der Waals surface area contributed by atoms with Crippen molar-refractivity contribution < 1.29 is 4.79 Å². The molecule has 1 N–H and O–H groups in total. The van der Waals surface area contributed by atoms with Gasteiger partial charge in [0.15, 0.2) is 0 Å². The molecule has 0 saturated carbocycles. The van der Waals surface area contributed by atoms with E-state index < -0.39 is 0 Å². The molecule has 0 aromatic heterocycles. The van der Waals surface area contributed by atoms with Crippen LogP contribution in [0.15, 0.2) is 0 Å². The summed E-state index contributed by atoms with van der Waals surface area (Å²) < 4.78 is 0. The number of hydrogen-bond donors (Lipinski definition) is 1. The summed E-state index contributed by atoms with van der Waals surface area (Å²) in [6.45, 7) is 11.5. The predicted octanol–water partition coefficient (Wildman–Crippen LogP) is 1.83. The van der Waals surface area contributed by atoms with Gasteiger partial charge in [0.05, 0.1) is 12.2 Å². The second-order valence-electron chi connectivity index (χ2n) is 5.41. The van der Waals surface area contributed by atoms with E-state index in [1.807, 2.05) is 4.90 Å². The average molecular weight is 212 g/mol. The van der Waals surface area contributed by atoms with Crippen molar-refractivity contribution in [1.29, 1.82) is 0 Å². The Morgan fingerprint density at radius 1 is 1.27 bits per heavy atom. The third kappa shape index (κ3) is 3.20. The van der Waals surface area contributed by atoms with Crippen molar-refractivity contribution in [3.8, 4) is 0 Å². The Labute approximate surface area is 93.2 Å². The average Bonchev–Trinajstić information content (AvgIpc) is 2.31. The molecular formula is C12H24N2O. The van der Waals surface area contributed by atoms with Crippen molar-refractivity contribution in [3.05, 3.63) is 0 Å². The molecule has 0 radical (unpaired) electrons. The largest absolute Gasteiger partial charge is 0.326 e. The zero-order valence-corrected chi connectivity index (χ0v) is 10.6. The van der Waals surface area contributed by atoms with E-state index in [0.717, 1.165) is 13.0 Å². The first kappa shape index (κ1) is 12.5. The molecule has 15 heavy (non-hydrogen) atoms. The summed E-state index contributed by atoms with van der Waals surface area (Å²) in [5.74, 6) is 1.39. The molecule has 0 spiro atoms. The van der Waals surface area contributed by atoms with Crippen molar-refractivity contribution in [2.75, 3.05) is 6.54 Å². The zero-order chi connectivity index (χ0) is 11.6. The lowest BCUT2D eigenvalue weighted by molar-refractivity contribution is -0.130. The Morgan fingerprint density at radius 3 is 2.33 bits per heavy atom. The number of nitrogens with zero attached hydrogens (tertiary/aromatic N) is 1. The normalized spacial score (nSPS) is 27.1. The number of amides is 1. The maximum absolute atomic E-state index is 12.1. The van der Waals surface area contributed by atoms with Gasteiger partial charge in [0.1, 0.15) is 0 Å². The topological polar surface area (TPSA) is 32.3 Å². The van der Waals surface area contributed by atoms with E-state index in [-0.39, 0.29) is 18.1 Å². The van der Waals surface area contributed by atoms with Crippen molar-refractivity contribution in [1.82, 2.24) is 10.2 Å². The quantitative estimate of drug-likeness (QED) is 0.771. The van der Waals surface area contributed by atoms with Crippen LogP contribution in [0, 0.1) is 11.8 Å². The van der Waals surface area contributed by atoms with Crippen molar-refractivity contribution >= 4 is 5.91 Å². The van der Waals surface area contributed by atoms with Crippen LogP contribution in [0.4, 0.5) is 0 Å². The van der Waals surface area contributed by atoms with Gasteiger partial charge < -0.3 is 4.90 Å². The molecule has 1 saturated heterocycles. The molecule has 1 rings (SSSR count). The van der Waals surface area contributed by atoms with Gasteiger partial charge >= 0.3 is 0 Å². The minimum Gasteiger partial charge on any atom is -0.326 e. The summed E-state index contributed by atoms with van der Waals surface area (Å²) in [6.07, 6.45) is 1.14. The molecule has 3 heteroatoms. The van der Waals surface area contributed by atoms with Crippen LogP contribution in [0.25, 0.3) is 0 Å². The summed E-state index contributed by atoms with van der Waals surface area (Å²) in [4.78, 5) is 14.0. The molecule has 0 bridgehead atoms. The first-order valence-corrected chi connectivity index (χ1v) is 5.98. The van der Waals surface area contributed by atoms with Crippen LogP contribution < -0.4 is 5.32 Å². The van der Waals surface area contributed by atoms with Crippen LogP contribution in [0.1, 0.15) is 41.0 Å². The highest BCUT2D eigenvalue weighted by Crippen LogP contribution is 2.17. The van der Waals surface area contributed by atoms with Gasteiger partial charge in [-0.15, -0.1) is 0 Å². The molecule has 0 aromatic rings. The van der Waals surface area contributed by atoms with Gasteiger partial charge in [-0.1, -0.05) is 27.7 Å². The maximum Gasteiger partial charge on any atom is 0.241 e. The summed E-state index contributed by atoms with van der Waals surface area (Å²) >= 11 is 0. The molecule has 2 atom stereocenters. The van der Waals surface area contributed by atoms with Crippen molar-refractivity contribution in [2.24, 2.45) is 11.8 Å². The Balaban J connectivity index is 2.58. The SMILES string of the molecule is CC(C)CC1NC(C)N(CC(C)C)C1=O. The lowest BCUT2D eigenvalue weighted by Gasteiger charge is -2.22. The molecule has 0 aromatic carbocycles. The summed E-state index contributed by atoms with van der Waals surface area (Å²) in [6, 6.07) is 0.0405. The molecule has 3 nitrogen and oxygen atoms in total. The van der Waals surface area contributed by atoms with Crippen LogP contribution in [-0.4, -0.2) is 29.6 Å². The zero-order valence-electron chi connectivity index (χ0n) is 10.6. The lowest BCUT2D eigenvalue weighted by Crippen LogP contribution is -2.37. The van der Waals surface area contributed by atoms with Crippen LogP contribution >= 0.6 is 0 Å². The molecular weight excluding hydrogens is 188 g/mol. The maximum atomic E-state index is 12.1. The Bertz CT molecular complexity index is 226. The Hall–Kier alpha value is -0.570. The fourth-order valence-electron chi connectivity index (χ4n) is 2.13. The van der Waals surface area contributed by atoms with E-state index in [0.29, 0.717) is 11.8 Å². The van der Waals surface area contributed by atoms with Gasteiger partial charge in [-0.25, -0.2) is 0 Å². The third-order valence-corrected chi connectivity index (χ3v) is 2.76. The van der Waals surface area contributed by atoms with E-state index in [1.165, 1.54) is 0 Å². The van der Waals surface area contributed by atoms with Crippen LogP contribution in [0.5, 0.6) is 0 Å². The fraction of sp³-hybridized carbons (Fsp3) is 0.917. The Morgan fingerprint density at radius 2 is 1.87 bits per heavy atom. The number of hydrogen-bond acceptors (Lipinski definition) is 2. The third-order valence-electron chi connectivity index (χ3n) is 2.76. The lowest BCUT2D eigenvalue weighted by atomic mass is 10.0. The van der Waals surface area contributed by atoms with Gasteiger partial charge in [0.25, 0.3) is 0 Å². The van der Waals surface area contributed by atoms with E-state index in [9.17, 15) is 4.79 Å². The highest BCUT2D eigenvalue weighted by atomic mass is 16.2. The highest BCUT2D eigenvalue weighted by Gasteiger charge is 2.36. The van der Waals surface area contributed by atoms with Crippen molar-refractivity contribution in [3.63, 3.8) is 0 Å². The molecule has 1 aliphatic rings. The molecule has 1 amide bonds. The fourth-order valence-corrected chi connectivity index (χ4v) is 2.13. The smallest absolute Gasteiger partial charge is 0.241 e. The van der Waals surface area contributed by atoms with Crippen LogP contribution in [0.2, 0.25) is 0 Å². The second kappa shape index (κ2) is 4.97. The summed E-state index contributed by atoms with van der Waals surface area (Å²) in [5.41, 5.74) is 0. The number of nitrogens with one attached hydrogen (secondary N) is 1. The van der Waals surface area contributed by atoms with Crippen LogP contribution in [-0.2, 0) is 4.79 Å². The van der Waals surface area contributed by atoms with Gasteiger partial charge in [0, 0.05) is 6.54 Å². The Kier molecular flexibility index (Phi) is 4.14. The minimum absolute atomic E-state index is 0.0405. The first-order chi connectivity index (χ1) is 6.91. The van der Waals surface area contributed by atoms with Gasteiger partial charge in [-0.05, 0) is 25.2 Å². The van der Waals surface area contributed by atoms with E-state index in [2.05, 4.69) is 39.9 Å². The first-order valence-electron chi connectivity index (χ1n) is 5.98. The monoisotopic (exact) mass is 212 g/mol. The minimum atomic E-state index is 0.0405. The van der Waals surface area contributed by atoms with Crippen molar-refractivity contribution in [2.45, 2.75) is 53.2 Å². The number of carbonyl (C=O) groups excluding carboxylic acids is 1. The summed E-state index contributed by atoms with van der Waals surface area (Å²) in [5, 5.41) is 3.37. The molecule has 0 aliphatic carbocycles. The molecule has 1 heterocycles. The molecule has 1 aliphatic heterocycles.